The number of rotatable bonds is 33. The van der Waals surface area contributed by atoms with Gasteiger partial charge in [0.05, 0.1) is 150 Å². The van der Waals surface area contributed by atoms with Gasteiger partial charge in [0.25, 0.3) is 0 Å². The van der Waals surface area contributed by atoms with Crippen LogP contribution in [0.2, 0.25) is 0 Å². The Kier molecular flexibility index (Phi) is 18.0. The number of benzene rings is 3. The molecule has 6 bridgehead atoms. The van der Waals surface area contributed by atoms with Crippen LogP contribution in [0.1, 0.15) is 91.2 Å². The molecule has 21 heteroatoms. The van der Waals surface area contributed by atoms with Crippen LogP contribution in [0.3, 0.4) is 0 Å². The van der Waals surface area contributed by atoms with Gasteiger partial charge in [0.1, 0.15) is 18.3 Å². The number of phenols is 3. The lowest BCUT2D eigenvalue weighted by atomic mass is 9.48. The van der Waals surface area contributed by atoms with E-state index in [1.807, 2.05) is 36.4 Å². The first kappa shape index (κ1) is 65.0. The summed E-state index contributed by atoms with van der Waals surface area (Å²) in [5.74, 6) is 1.68. The average Bonchev–Trinajstić information content (AvgIpc) is 1.42. The first-order chi connectivity index (χ1) is 45.8. The molecule has 3 saturated carbocycles. The van der Waals surface area contributed by atoms with Crippen LogP contribution in [0.25, 0.3) is 0 Å². The van der Waals surface area contributed by atoms with Crippen LogP contribution in [0.4, 0.5) is 0 Å². The standard InChI is InChI=1S/C73H97N3O18/c1-4-22-74-25-19-68-59-47-7-10-50(77)62(59)92-65(68)53(13-16-71(68,80)56(74)40-47)89-37-34-83-28-31-86-43-46(44-87-32-29-84-35-38-90-54-14-17-72(81)57-41-48-8-11-51(78)63-60(48)69(72,66(54)93-63)20-26-75(57)23-5-2)45-88-33-30-85-36-39-91-55-15-18-73(82)58-42-49-9-12-52(79)64-61(49)70(73,67(55)94-64)21-27-76(58)24-6-3/h4-12,46,53-58,65-67,77-82H,1-3,13-45H2/t46?,53-,54+,55?,56?,57?,58?,65+,66?,67+,68+,69+,70+,71-,72-,73-/m1/s1. The third-order valence-electron chi connectivity index (χ3n) is 24.5. The Labute approximate surface area is 551 Å². The quantitative estimate of drug-likeness (QED) is 0.0344. The normalized spacial score (nSPS) is 36.0. The highest BCUT2D eigenvalue weighted by Gasteiger charge is 2.76. The zero-order valence-electron chi connectivity index (χ0n) is 54.3. The van der Waals surface area contributed by atoms with Gasteiger partial charge in [0.15, 0.2) is 34.5 Å². The van der Waals surface area contributed by atoms with E-state index in [1.165, 1.54) is 0 Å². The number of likely N-dealkylation sites (tertiary alicyclic amines) is 3. The van der Waals surface area contributed by atoms with Gasteiger partial charge in [-0.3, -0.25) is 14.7 Å². The van der Waals surface area contributed by atoms with E-state index in [-0.39, 0.29) is 59.6 Å². The number of nitrogens with zero attached hydrogens (tertiary/aromatic N) is 3. The minimum absolute atomic E-state index is 0.0819. The molecule has 3 aromatic rings. The van der Waals surface area contributed by atoms with E-state index in [9.17, 15) is 30.6 Å². The fraction of sp³-hybridized carbons (Fsp3) is 0.671. The Bertz CT molecular complexity index is 2960. The van der Waals surface area contributed by atoms with Gasteiger partial charge in [0, 0.05) is 60.4 Å². The van der Waals surface area contributed by atoms with Gasteiger partial charge in [-0.1, -0.05) is 36.4 Å². The molecule has 6 aliphatic heterocycles. The van der Waals surface area contributed by atoms with E-state index in [0.29, 0.717) is 213 Å². The third kappa shape index (κ3) is 10.1. The number of aliphatic hydroxyl groups is 3. The molecule has 6 N–H and O–H groups in total. The van der Waals surface area contributed by atoms with E-state index in [2.05, 4.69) is 34.4 Å². The van der Waals surface area contributed by atoms with Gasteiger partial charge in [-0.15, -0.1) is 19.7 Å². The van der Waals surface area contributed by atoms with Crippen LogP contribution in [0.5, 0.6) is 34.5 Å². The van der Waals surface area contributed by atoms with Crippen molar-refractivity contribution in [3.63, 3.8) is 0 Å². The van der Waals surface area contributed by atoms with E-state index in [4.69, 9.17) is 56.8 Å². The number of aromatic hydroxyl groups is 3. The van der Waals surface area contributed by atoms with E-state index < -0.39 is 51.4 Å². The summed E-state index contributed by atoms with van der Waals surface area (Å²) < 4.78 is 76.4. The van der Waals surface area contributed by atoms with Crippen molar-refractivity contribution in [1.29, 1.82) is 0 Å². The lowest BCUT2D eigenvalue weighted by Gasteiger charge is -2.64. The monoisotopic (exact) mass is 1300 g/mol. The van der Waals surface area contributed by atoms with Gasteiger partial charge < -0.3 is 87.5 Å². The fourth-order valence-electron chi connectivity index (χ4n) is 20.8. The molecule has 0 aromatic heterocycles. The largest absolute Gasteiger partial charge is 0.504 e. The molecule has 6 fully saturated rings. The smallest absolute Gasteiger partial charge is 0.165 e. The summed E-state index contributed by atoms with van der Waals surface area (Å²) in [6.07, 6.45) is 11.3. The molecule has 12 aliphatic rings. The maximum absolute atomic E-state index is 12.7. The fourth-order valence-corrected chi connectivity index (χ4v) is 20.8. The van der Waals surface area contributed by atoms with Crippen molar-refractivity contribution in [2.45, 2.75) is 165 Å². The highest BCUT2D eigenvalue weighted by molar-refractivity contribution is 5.65. The van der Waals surface area contributed by atoms with Crippen LogP contribution >= 0.6 is 0 Å². The summed E-state index contributed by atoms with van der Waals surface area (Å²) in [5, 5.41) is 71.3. The van der Waals surface area contributed by atoms with Crippen molar-refractivity contribution in [3.05, 3.63) is 108 Å². The van der Waals surface area contributed by atoms with Crippen molar-refractivity contribution in [2.75, 3.05) is 138 Å². The van der Waals surface area contributed by atoms with Gasteiger partial charge in [-0.25, -0.2) is 0 Å². The molecule has 3 spiro atoms. The van der Waals surface area contributed by atoms with Gasteiger partial charge in [-0.2, -0.15) is 0 Å². The minimum atomic E-state index is -1.02. The molecular weight excluding hydrogens is 1210 g/mol. The molecule has 6 heterocycles. The second kappa shape index (κ2) is 26.1. The van der Waals surface area contributed by atoms with Crippen molar-refractivity contribution in [1.82, 2.24) is 14.7 Å². The number of ether oxygens (including phenoxy) is 12. The zero-order chi connectivity index (χ0) is 64.6. The highest BCUT2D eigenvalue weighted by atomic mass is 16.6. The Morgan fingerprint density at radius 1 is 0.415 bits per heavy atom. The van der Waals surface area contributed by atoms with Crippen LogP contribution in [0.15, 0.2) is 74.4 Å². The molecule has 16 atom stereocenters. The minimum Gasteiger partial charge on any atom is -0.504 e. The number of phenolic OH excluding ortho intramolecular Hbond substituents is 3. The van der Waals surface area contributed by atoms with Crippen molar-refractivity contribution >= 4 is 0 Å². The molecule has 512 valence electrons. The van der Waals surface area contributed by atoms with Crippen LogP contribution in [-0.4, -0.2) is 255 Å². The molecule has 3 aromatic carbocycles. The van der Waals surface area contributed by atoms with E-state index in [0.717, 1.165) is 53.0 Å². The van der Waals surface area contributed by atoms with Crippen molar-refractivity contribution in [2.24, 2.45) is 5.92 Å². The molecular formula is C73H97N3O18. The Balaban J connectivity index is 0.512. The molecule has 6 unspecified atom stereocenters. The lowest BCUT2D eigenvalue weighted by molar-refractivity contribution is -0.215. The maximum Gasteiger partial charge on any atom is 0.165 e. The number of hydrogen-bond acceptors (Lipinski definition) is 21. The Morgan fingerprint density at radius 3 is 1.00 bits per heavy atom. The van der Waals surface area contributed by atoms with Crippen molar-refractivity contribution in [3.8, 4) is 34.5 Å². The zero-order valence-corrected chi connectivity index (χ0v) is 54.3. The number of piperidine rings is 3. The second-order valence-corrected chi connectivity index (χ2v) is 28.7. The summed E-state index contributed by atoms with van der Waals surface area (Å²) in [6, 6.07) is 10.9. The summed E-state index contributed by atoms with van der Waals surface area (Å²) in [4.78, 5) is 7.04. The van der Waals surface area contributed by atoms with E-state index >= 15 is 0 Å². The Morgan fingerprint density at radius 2 is 0.702 bits per heavy atom. The van der Waals surface area contributed by atoms with Gasteiger partial charge in [0.2, 0.25) is 0 Å². The third-order valence-corrected chi connectivity index (χ3v) is 24.5. The predicted octanol–water partition coefficient (Wildman–Crippen LogP) is 5.10. The molecule has 6 aliphatic carbocycles. The number of hydrogen-bond donors (Lipinski definition) is 6. The summed E-state index contributed by atoms with van der Waals surface area (Å²) in [5.41, 5.74) is 1.14. The first-order valence-corrected chi connectivity index (χ1v) is 34.9. The van der Waals surface area contributed by atoms with E-state index in [1.54, 1.807) is 18.2 Å². The van der Waals surface area contributed by atoms with Crippen LogP contribution in [-0.2, 0) is 78.1 Å². The topological polar surface area (TPSA) is 242 Å². The summed E-state index contributed by atoms with van der Waals surface area (Å²) >= 11 is 0. The average molecular weight is 1300 g/mol. The van der Waals surface area contributed by atoms with Crippen LogP contribution < -0.4 is 14.2 Å². The van der Waals surface area contributed by atoms with Crippen molar-refractivity contribution < 1.29 is 87.5 Å². The molecule has 21 nitrogen and oxygen atoms in total. The summed E-state index contributed by atoms with van der Waals surface area (Å²) in [6.45, 7) is 21.7. The first-order valence-electron chi connectivity index (χ1n) is 34.9. The second-order valence-electron chi connectivity index (χ2n) is 28.7. The maximum atomic E-state index is 12.7. The Hall–Kier alpha value is -4.92. The predicted molar refractivity (Wildman–Crippen MR) is 344 cm³/mol. The van der Waals surface area contributed by atoms with Gasteiger partial charge in [-0.05, 0) is 132 Å². The van der Waals surface area contributed by atoms with Crippen LogP contribution in [0, 0.1) is 5.92 Å². The molecule has 0 amide bonds. The molecule has 94 heavy (non-hydrogen) atoms. The SMILES string of the molecule is C=CCN1CC[C@]23c4c5ccc(O)c4OC2[C@@H](OCCOCCOCC(COCCOCCOC2CC[C@@]4(O)C6Cc7ccc(O)c8c7[C@@]4(CCN6CC=C)[C@H]2O8)COCCOCCO[C@@H]2CC[C@@]4(O)C6Cc7ccc(O)c8c7[C@@]4(CCN6CC=C)[C@H]2O8)CC[C@@]3(O)C1C5. The van der Waals surface area contributed by atoms with Gasteiger partial charge >= 0.3 is 0 Å². The summed E-state index contributed by atoms with van der Waals surface area (Å²) in [7, 11) is 0. The molecule has 0 radical (unpaired) electrons. The molecule has 15 rings (SSSR count). The lowest BCUT2D eigenvalue weighted by Crippen LogP contribution is -2.77. The molecule has 3 saturated heterocycles. The highest BCUT2D eigenvalue weighted by Crippen LogP contribution is 2.69.